The fourth-order valence-electron chi connectivity index (χ4n) is 0.833. The van der Waals surface area contributed by atoms with Gasteiger partial charge in [0.1, 0.15) is 0 Å². The number of nitrogens with one attached hydrogen (secondary N) is 1. The number of aliphatic imine (C=N–C) groups is 1. The molecule has 0 aliphatic heterocycles. The van der Waals surface area contributed by atoms with Crippen molar-refractivity contribution in [3.8, 4) is 0 Å². The van der Waals surface area contributed by atoms with Gasteiger partial charge in [-0.25, -0.2) is 5.41 Å². The molecule has 64 valence electrons. The Morgan fingerprint density at radius 3 is 3.17 bits per heavy atom. The van der Waals surface area contributed by atoms with E-state index in [2.05, 4.69) is 24.1 Å². The first-order valence-electron chi connectivity index (χ1n) is 3.71. The Morgan fingerprint density at radius 1 is 1.83 bits per heavy atom. The number of aromatic nitrogens is 2. The van der Waals surface area contributed by atoms with E-state index < -0.39 is 0 Å². The van der Waals surface area contributed by atoms with Crippen molar-refractivity contribution >= 4 is 11.9 Å². The van der Waals surface area contributed by atoms with Crippen molar-refractivity contribution in [1.29, 1.82) is 5.41 Å². The van der Waals surface area contributed by atoms with Gasteiger partial charge < -0.3 is 0 Å². The molecule has 0 unspecified atom stereocenters. The molecule has 0 aliphatic rings. The Balaban J connectivity index is 2.70. The highest BCUT2D eigenvalue weighted by Crippen LogP contribution is 2.03. The summed E-state index contributed by atoms with van der Waals surface area (Å²) >= 11 is 0. The SMILES string of the molecule is CC(C)C[n+]1cc(N=C=N)on1. The quantitative estimate of drug-likeness (QED) is 0.539. The van der Waals surface area contributed by atoms with Crippen LogP contribution in [-0.4, -0.2) is 11.3 Å². The van der Waals surface area contributed by atoms with E-state index in [1.54, 1.807) is 10.9 Å². The van der Waals surface area contributed by atoms with Gasteiger partial charge in [-0.3, -0.25) is 4.52 Å². The van der Waals surface area contributed by atoms with Crippen LogP contribution in [-0.2, 0) is 6.54 Å². The van der Waals surface area contributed by atoms with Crippen LogP contribution in [0.4, 0.5) is 5.88 Å². The summed E-state index contributed by atoms with van der Waals surface area (Å²) in [6.45, 7) is 4.96. The third-order valence-electron chi connectivity index (χ3n) is 1.22. The Labute approximate surface area is 70.2 Å². The summed E-state index contributed by atoms with van der Waals surface area (Å²) in [4.78, 5) is 3.50. The third kappa shape index (κ3) is 2.29. The van der Waals surface area contributed by atoms with Crippen LogP contribution < -0.4 is 4.68 Å². The molecular weight excluding hydrogens is 156 g/mol. The van der Waals surface area contributed by atoms with E-state index in [1.165, 1.54) is 0 Å². The van der Waals surface area contributed by atoms with E-state index in [9.17, 15) is 0 Å². The lowest BCUT2D eigenvalue weighted by molar-refractivity contribution is -0.766. The smallest absolute Gasteiger partial charge is 0.279 e. The van der Waals surface area contributed by atoms with Crippen LogP contribution >= 0.6 is 0 Å². The minimum absolute atomic E-state index is 0.311. The highest BCUT2D eigenvalue weighted by molar-refractivity contribution is 5.42. The lowest BCUT2D eigenvalue weighted by Gasteiger charge is -1.90. The molecule has 5 nitrogen and oxygen atoms in total. The zero-order valence-electron chi connectivity index (χ0n) is 7.11. The minimum atomic E-state index is 0.311. The highest BCUT2D eigenvalue weighted by atomic mass is 16.5. The first-order chi connectivity index (χ1) is 5.72. The molecule has 5 heteroatoms. The lowest BCUT2D eigenvalue weighted by Crippen LogP contribution is -2.36. The molecule has 0 amide bonds. The van der Waals surface area contributed by atoms with Crippen LogP contribution in [0.5, 0.6) is 0 Å². The molecule has 0 aromatic carbocycles. The molecule has 1 heterocycles. The van der Waals surface area contributed by atoms with Gasteiger partial charge in [-0.1, -0.05) is 18.5 Å². The first kappa shape index (κ1) is 8.62. The summed E-state index contributed by atoms with van der Waals surface area (Å²) in [5.41, 5.74) is 0. The number of rotatable bonds is 3. The van der Waals surface area contributed by atoms with Crippen molar-refractivity contribution in [2.45, 2.75) is 20.4 Å². The van der Waals surface area contributed by atoms with Crippen molar-refractivity contribution < 1.29 is 9.20 Å². The van der Waals surface area contributed by atoms with Crippen LogP contribution in [0.15, 0.2) is 15.7 Å². The fourth-order valence-corrected chi connectivity index (χ4v) is 0.833. The number of nitrogens with zero attached hydrogens (tertiary/aromatic N) is 3. The van der Waals surface area contributed by atoms with Crippen LogP contribution in [0.2, 0.25) is 0 Å². The molecule has 0 radical (unpaired) electrons. The van der Waals surface area contributed by atoms with E-state index in [1.807, 2.05) is 6.01 Å². The molecular formula is C7H11N4O+. The maximum absolute atomic E-state index is 6.58. The van der Waals surface area contributed by atoms with Gasteiger partial charge in [-0.05, 0) is 0 Å². The first-order valence-corrected chi connectivity index (χ1v) is 3.71. The average Bonchev–Trinajstić information content (AvgIpc) is 2.36. The summed E-state index contributed by atoms with van der Waals surface area (Å²) < 4.78 is 6.42. The van der Waals surface area contributed by atoms with Crippen LogP contribution in [0.3, 0.4) is 0 Å². The second-order valence-corrected chi connectivity index (χ2v) is 2.88. The number of hydrogen-bond donors (Lipinski definition) is 1. The minimum Gasteiger partial charge on any atom is -0.279 e. The lowest BCUT2D eigenvalue weighted by atomic mass is 10.2. The van der Waals surface area contributed by atoms with E-state index >= 15 is 0 Å². The van der Waals surface area contributed by atoms with Gasteiger partial charge in [0.05, 0.1) is 6.01 Å². The predicted octanol–water partition coefficient (Wildman–Crippen LogP) is 1.00. The van der Waals surface area contributed by atoms with Gasteiger partial charge in [0.15, 0.2) is 6.54 Å². The summed E-state index contributed by atoms with van der Waals surface area (Å²) in [7, 11) is 0. The zero-order valence-corrected chi connectivity index (χ0v) is 7.11. The van der Waals surface area contributed by atoms with Crippen LogP contribution in [0.25, 0.3) is 0 Å². The molecule has 0 bridgehead atoms. The monoisotopic (exact) mass is 167 g/mol. The largest absolute Gasteiger partial charge is 0.330 e. The molecule has 1 rings (SSSR count). The molecule has 0 fully saturated rings. The molecule has 0 atom stereocenters. The van der Waals surface area contributed by atoms with Gasteiger partial charge in [0.25, 0.3) is 6.20 Å². The molecule has 0 aliphatic carbocycles. The molecule has 0 saturated carbocycles. The van der Waals surface area contributed by atoms with Crippen LogP contribution in [0, 0.1) is 11.3 Å². The maximum Gasteiger partial charge on any atom is 0.330 e. The van der Waals surface area contributed by atoms with Gasteiger partial charge in [0, 0.05) is 5.92 Å². The topological polar surface area (TPSA) is 66.1 Å². The second-order valence-electron chi connectivity index (χ2n) is 2.88. The van der Waals surface area contributed by atoms with E-state index in [0.717, 1.165) is 6.54 Å². The van der Waals surface area contributed by atoms with Crippen LogP contribution in [0.1, 0.15) is 13.8 Å². The number of hydrogen-bond acceptors (Lipinski definition) is 4. The maximum atomic E-state index is 6.58. The summed E-state index contributed by atoms with van der Waals surface area (Å²) in [5.74, 6) is 0.822. The second kappa shape index (κ2) is 3.78. The average molecular weight is 167 g/mol. The predicted molar refractivity (Wildman–Crippen MR) is 41.4 cm³/mol. The summed E-state index contributed by atoms with van der Waals surface area (Å²) in [6, 6.07) is 1.88. The van der Waals surface area contributed by atoms with Crippen molar-refractivity contribution in [2.75, 3.05) is 0 Å². The van der Waals surface area contributed by atoms with Gasteiger partial charge in [-0.15, -0.1) is 4.99 Å². The molecule has 1 aromatic rings. The standard InChI is InChI=1S/C7H11N4O/c1-6(2)3-11-4-7(9-5-8)12-10-11/h4,6,8H,3H2,1-2H3/q+1. The molecule has 1 aromatic heterocycles. The summed E-state index contributed by atoms with van der Waals surface area (Å²) in [5, 5.41) is 10.3. The van der Waals surface area contributed by atoms with E-state index in [0.29, 0.717) is 11.8 Å². The molecule has 0 saturated heterocycles. The fraction of sp³-hybridized carbons (Fsp3) is 0.571. The third-order valence-corrected chi connectivity index (χ3v) is 1.22. The Kier molecular flexibility index (Phi) is 2.71. The van der Waals surface area contributed by atoms with Crippen molar-refractivity contribution in [3.63, 3.8) is 0 Å². The van der Waals surface area contributed by atoms with Crippen molar-refractivity contribution in [2.24, 2.45) is 10.9 Å². The highest BCUT2D eigenvalue weighted by Gasteiger charge is 2.11. The van der Waals surface area contributed by atoms with E-state index in [-0.39, 0.29) is 0 Å². The molecule has 0 spiro atoms. The normalized spacial score (nSPS) is 9.92. The van der Waals surface area contributed by atoms with Gasteiger partial charge in [0.2, 0.25) is 5.27 Å². The Bertz CT molecular complexity index is 298. The van der Waals surface area contributed by atoms with E-state index in [4.69, 9.17) is 9.93 Å². The Morgan fingerprint density at radius 2 is 2.58 bits per heavy atom. The summed E-state index contributed by atoms with van der Waals surface area (Å²) in [6.07, 6.45) is 1.64. The zero-order chi connectivity index (χ0) is 8.97. The molecule has 1 N–H and O–H groups in total. The van der Waals surface area contributed by atoms with Crippen molar-refractivity contribution in [3.05, 3.63) is 6.20 Å². The van der Waals surface area contributed by atoms with Gasteiger partial charge in [-0.2, -0.15) is 0 Å². The molecule has 12 heavy (non-hydrogen) atoms. The Hall–Kier alpha value is -1.48. The van der Waals surface area contributed by atoms with Gasteiger partial charge >= 0.3 is 5.88 Å². The van der Waals surface area contributed by atoms with Crippen molar-refractivity contribution in [1.82, 2.24) is 5.27 Å².